The summed E-state index contributed by atoms with van der Waals surface area (Å²) in [6.45, 7) is 3.18. The normalized spacial score (nSPS) is 34.8. The Labute approximate surface area is 118 Å². The number of hydrogen-bond donors (Lipinski definition) is 0. The van der Waals surface area contributed by atoms with Crippen LogP contribution in [0.4, 0.5) is 0 Å². The van der Waals surface area contributed by atoms with E-state index in [1.54, 1.807) is 7.11 Å². The molecule has 20 heavy (non-hydrogen) atoms. The van der Waals surface area contributed by atoms with Gasteiger partial charge < -0.3 is 9.47 Å². The number of Topliss-reactive ketones (excluding diaryl/α,β-unsaturated/α-hetero) is 1. The molecule has 4 aliphatic heterocycles. The number of carbonyl (C=O) groups is 1. The molecule has 1 aromatic carbocycles. The lowest BCUT2D eigenvalue weighted by Crippen LogP contribution is -2.63. The molecule has 106 valence electrons. The number of rotatable bonds is 1. The van der Waals surface area contributed by atoms with Gasteiger partial charge in [0.05, 0.1) is 19.1 Å². The van der Waals surface area contributed by atoms with Gasteiger partial charge >= 0.3 is 0 Å². The van der Waals surface area contributed by atoms with E-state index in [-0.39, 0.29) is 11.4 Å². The SMILES string of the molecule is COc1ccc2c(c1)O[C@]1(CC2=O)CN2CCC1CC2. The van der Waals surface area contributed by atoms with E-state index >= 15 is 0 Å². The summed E-state index contributed by atoms with van der Waals surface area (Å²) in [6, 6.07) is 5.51. The Morgan fingerprint density at radius 3 is 2.80 bits per heavy atom. The minimum absolute atomic E-state index is 0.211. The molecule has 1 aromatic rings. The maximum atomic E-state index is 12.5. The number of ketones is 1. The molecular weight excluding hydrogens is 254 g/mol. The molecule has 3 saturated heterocycles. The van der Waals surface area contributed by atoms with Gasteiger partial charge in [0, 0.05) is 18.5 Å². The molecule has 2 bridgehead atoms. The standard InChI is InChI=1S/C16H19NO3/c1-19-12-2-3-13-14(18)9-16(20-15(13)8-12)10-17-6-4-11(16)5-7-17/h2-3,8,11H,4-7,9-10H2,1H3/t16-/m1/s1. The highest BCUT2D eigenvalue weighted by atomic mass is 16.5. The van der Waals surface area contributed by atoms with Crippen LogP contribution in [0.3, 0.4) is 0 Å². The van der Waals surface area contributed by atoms with Gasteiger partial charge in [-0.15, -0.1) is 0 Å². The fourth-order valence-corrected chi connectivity index (χ4v) is 4.01. The zero-order valence-corrected chi connectivity index (χ0v) is 11.7. The van der Waals surface area contributed by atoms with Crippen LogP contribution in [0.15, 0.2) is 18.2 Å². The minimum atomic E-state index is -0.299. The predicted molar refractivity (Wildman–Crippen MR) is 74.5 cm³/mol. The van der Waals surface area contributed by atoms with E-state index in [1.165, 1.54) is 0 Å². The summed E-state index contributed by atoms with van der Waals surface area (Å²) in [7, 11) is 1.64. The van der Waals surface area contributed by atoms with Crippen LogP contribution < -0.4 is 9.47 Å². The van der Waals surface area contributed by atoms with Crippen molar-refractivity contribution in [2.75, 3.05) is 26.7 Å². The van der Waals surface area contributed by atoms with E-state index in [1.807, 2.05) is 18.2 Å². The first kappa shape index (κ1) is 12.2. The second-order valence-corrected chi connectivity index (χ2v) is 6.18. The highest BCUT2D eigenvalue weighted by molar-refractivity contribution is 6.00. The van der Waals surface area contributed by atoms with Crippen molar-refractivity contribution in [2.24, 2.45) is 5.92 Å². The second-order valence-electron chi connectivity index (χ2n) is 6.18. The Kier molecular flexibility index (Phi) is 2.58. The largest absolute Gasteiger partial charge is 0.497 e. The van der Waals surface area contributed by atoms with Crippen LogP contribution in [-0.4, -0.2) is 43.0 Å². The van der Waals surface area contributed by atoms with Crippen molar-refractivity contribution in [1.82, 2.24) is 4.90 Å². The van der Waals surface area contributed by atoms with Gasteiger partial charge in [-0.05, 0) is 38.1 Å². The average molecular weight is 273 g/mol. The van der Waals surface area contributed by atoms with Gasteiger partial charge in [0.2, 0.25) is 0 Å². The number of hydrogen-bond acceptors (Lipinski definition) is 4. The lowest BCUT2D eigenvalue weighted by Gasteiger charge is -2.54. The van der Waals surface area contributed by atoms with Gasteiger partial charge in [-0.2, -0.15) is 0 Å². The molecule has 4 heteroatoms. The number of benzene rings is 1. The lowest BCUT2D eigenvalue weighted by molar-refractivity contribution is -0.0959. The van der Waals surface area contributed by atoms with E-state index in [0.717, 1.165) is 38.2 Å². The highest BCUT2D eigenvalue weighted by Crippen LogP contribution is 2.46. The molecule has 0 saturated carbocycles. The molecule has 0 N–H and O–H groups in total. The first-order chi connectivity index (χ1) is 9.70. The topological polar surface area (TPSA) is 38.8 Å². The summed E-state index contributed by atoms with van der Waals surface area (Å²) in [5.41, 5.74) is 0.403. The zero-order chi connectivity index (χ0) is 13.7. The van der Waals surface area contributed by atoms with E-state index in [4.69, 9.17) is 9.47 Å². The molecule has 0 unspecified atom stereocenters. The Bertz CT molecular complexity index is 563. The van der Waals surface area contributed by atoms with E-state index in [2.05, 4.69) is 4.90 Å². The second kappa shape index (κ2) is 4.22. The molecule has 4 nitrogen and oxygen atoms in total. The van der Waals surface area contributed by atoms with Gasteiger partial charge in [0.1, 0.15) is 17.1 Å². The van der Waals surface area contributed by atoms with Crippen molar-refractivity contribution >= 4 is 5.78 Å². The number of piperidine rings is 3. The first-order valence-corrected chi connectivity index (χ1v) is 7.33. The third-order valence-corrected chi connectivity index (χ3v) is 5.09. The van der Waals surface area contributed by atoms with Crippen molar-refractivity contribution in [1.29, 1.82) is 0 Å². The van der Waals surface area contributed by atoms with Gasteiger partial charge in [0.25, 0.3) is 0 Å². The maximum absolute atomic E-state index is 12.5. The van der Waals surface area contributed by atoms with Crippen LogP contribution in [-0.2, 0) is 0 Å². The Balaban J connectivity index is 1.74. The summed E-state index contributed by atoms with van der Waals surface area (Å²) in [4.78, 5) is 14.9. The molecule has 0 radical (unpaired) electrons. The van der Waals surface area contributed by atoms with Crippen molar-refractivity contribution in [3.8, 4) is 11.5 Å². The van der Waals surface area contributed by atoms with Crippen LogP contribution in [0, 0.1) is 5.92 Å². The number of carbonyl (C=O) groups excluding carboxylic acids is 1. The molecular formula is C16H19NO3. The summed E-state index contributed by atoms with van der Waals surface area (Å²) >= 11 is 0. The smallest absolute Gasteiger partial charge is 0.170 e. The van der Waals surface area contributed by atoms with E-state index in [9.17, 15) is 4.79 Å². The fourth-order valence-electron chi connectivity index (χ4n) is 4.01. The molecule has 4 aliphatic rings. The lowest BCUT2D eigenvalue weighted by atomic mass is 9.71. The van der Waals surface area contributed by atoms with Crippen LogP contribution in [0.5, 0.6) is 11.5 Å². The number of nitrogens with zero attached hydrogens (tertiary/aromatic N) is 1. The van der Waals surface area contributed by atoms with Crippen molar-refractivity contribution in [3.63, 3.8) is 0 Å². The average Bonchev–Trinajstić information content (AvgIpc) is 2.47. The number of ether oxygens (including phenoxy) is 2. The number of methoxy groups -OCH3 is 1. The van der Waals surface area contributed by atoms with Crippen molar-refractivity contribution in [2.45, 2.75) is 24.9 Å². The Morgan fingerprint density at radius 2 is 2.15 bits per heavy atom. The summed E-state index contributed by atoms with van der Waals surface area (Å²) < 4.78 is 11.6. The molecule has 4 heterocycles. The molecule has 0 aliphatic carbocycles. The van der Waals surface area contributed by atoms with Gasteiger partial charge in [0.15, 0.2) is 5.78 Å². The van der Waals surface area contributed by atoms with Gasteiger partial charge in [-0.25, -0.2) is 0 Å². The quantitative estimate of drug-likeness (QED) is 0.785. The highest BCUT2D eigenvalue weighted by Gasteiger charge is 2.52. The third-order valence-electron chi connectivity index (χ3n) is 5.09. The molecule has 3 fully saturated rings. The minimum Gasteiger partial charge on any atom is -0.497 e. The van der Waals surface area contributed by atoms with Crippen LogP contribution in [0.1, 0.15) is 29.6 Å². The summed E-state index contributed by atoms with van der Waals surface area (Å²) in [6.07, 6.45) is 2.81. The molecule has 1 atom stereocenters. The fraction of sp³-hybridized carbons (Fsp3) is 0.562. The van der Waals surface area contributed by atoms with E-state index in [0.29, 0.717) is 23.7 Å². The summed E-state index contributed by atoms with van der Waals surface area (Å²) in [5.74, 6) is 2.17. The van der Waals surface area contributed by atoms with Crippen molar-refractivity contribution in [3.05, 3.63) is 23.8 Å². The van der Waals surface area contributed by atoms with Crippen molar-refractivity contribution < 1.29 is 14.3 Å². The van der Waals surface area contributed by atoms with Gasteiger partial charge in [-0.3, -0.25) is 9.69 Å². The molecule has 0 amide bonds. The predicted octanol–water partition coefficient (Wildman–Crippen LogP) is 2.12. The van der Waals surface area contributed by atoms with Crippen LogP contribution in [0.2, 0.25) is 0 Å². The van der Waals surface area contributed by atoms with Gasteiger partial charge in [-0.1, -0.05) is 0 Å². The molecule has 0 aromatic heterocycles. The Morgan fingerprint density at radius 1 is 1.35 bits per heavy atom. The third kappa shape index (κ3) is 1.67. The summed E-state index contributed by atoms with van der Waals surface area (Å²) in [5, 5.41) is 0. The number of fused-ring (bicyclic) bond motifs is 3. The van der Waals surface area contributed by atoms with Crippen LogP contribution in [0.25, 0.3) is 0 Å². The van der Waals surface area contributed by atoms with E-state index < -0.39 is 0 Å². The first-order valence-electron chi connectivity index (χ1n) is 7.33. The molecule has 1 spiro atoms. The van der Waals surface area contributed by atoms with Crippen LogP contribution >= 0.6 is 0 Å². The Hall–Kier alpha value is -1.55. The molecule has 5 rings (SSSR count). The maximum Gasteiger partial charge on any atom is 0.170 e. The monoisotopic (exact) mass is 273 g/mol. The zero-order valence-electron chi connectivity index (χ0n) is 11.7.